The predicted molar refractivity (Wildman–Crippen MR) is 152 cm³/mol. The number of aliphatic carboxylic acids is 1. The number of amides is 6. The normalized spacial score (nSPS) is 16.1. The Morgan fingerprint density at radius 2 is 1.21 bits per heavy atom. The van der Waals surface area contributed by atoms with Crippen LogP contribution in [0, 0.1) is 11.8 Å². The van der Waals surface area contributed by atoms with E-state index >= 15 is 0 Å². The Labute approximate surface area is 250 Å². The zero-order valence-corrected chi connectivity index (χ0v) is 25.4. The summed E-state index contributed by atoms with van der Waals surface area (Å²) in [4.78, 5) is 86.3. The van der Waals surface area contributed by atoms with Crippen molar-refractivity contribution in [3.05, 3.63) is 0 Å². The molecule has 246 valence electrons. The van der Waals surface area contributed by atoms with Crippen LogP contribution in [-0.4, -0.2) is 106 Å². The number of aliphatic hydroxyl groups is 2. The summed E-state index contributed by atoms with van der Waals surface area (Å²) in [5.74, 6) is -6.92. The zero-order chi connectivity index (χ0) is 33.6. The van der Waals surface area contributed by atoms with Crippen LogP contribution in [0.15, 0.2) is 0 Å². The highest BCUT2D eigenvalue weighted by atomic mass is 16.4. The number of primary amides is 1. The lowest BCUT2D eigenvalue weighted by atomic mass is 9.99. The van der Waals surface area contributed by atoms with Gasteiger partial charge in [0.15, 0.2) is 0 Å². The third-order valence-corrected chi connectivity index (χ3v) is 6.27. The Morgan fingerprint density at radius 3 is 1.65 bits per heavy atom. The summed E-state index contributed by atoms with van der Waals surface area (Å²) in [6.07, 6.45) is -1.63. The standard InChI is InChI=1S/C26H47N7O10/c1-11(2)9-16(22(38)30-15(26(42)43)7-8-18(27)36)31-25(41)20(12(3)4)33-21(37)13(5)29-23(39)17(10-34)32-24(40)19(28)14(6)35/h11-17,19-20,34-35H,7-10,28H2,1-6H3,(H2,27,36)(H,29,39)(H,30,38)(H,31,41)(H,32,40)(H,33,37)(H,42,43)/t13-,14+,15-,16-,17-,19-,20-/m0/s1. The van der Waals surface area contributed by atoms with Gasteiger partial charge in [-0.3, -0.25) is 28.8 Å². The maximum absolute atomic E-state index is 13.2. The monoisotopic (exact) mass is 617 g/mol. The number of carboxylic acid groups (broad SMARTS) is 1. The van der Waals surface area contributed by atoms with Crippen LogP contribution in [0.1, 0.15) is 60.8 Å². The first-order chi connectivity index (χ1) is 19.8. The van der Waals surface area contributed by atoms with Crippen molar-refractivity contribution in [2.75, 3.05) is 6.61 Å². The first-order valence-corrected chi connectivity index (χ1v) is 13.9. The van der Waals surface area contributed by atoms with Crippen molar-refractivity contribution in [2.24, 2.45) is 23.3 Å². The molecule has 0 aliphatic carbocycles. The van der Waals surface area contributed by atoms with Crippen LogP contribution in [-0.2, 0) is 33.6 Å². The molecular formula is C26H47N7O10. The van der Waals surface area contributed by atoms with E-state index in [0.717, 1.165) is 0 Å². The molecule has 0 spiro atoms. The molecule has 0 aliphatic heterocycles. The van der Waals surface area contributed by atoms with Gasteiger partial charge >= 0.3 is 5.97 Å². The second kappa shape index (κ2) is 18.7. The van der Waals surface area contributed by atoms with Gasteiger partial charge < -0.3 is 53.4 Å². The number of carbonyl (C=O) groups is 7. The number of rotatable bonds is 19. The summed E-state index contributed by atoms with van der Waals surface area (Å²) in [6.45, 7) is 8.54. The lowest BCUT2D eigenvalue weighted by Crippen LogP contribution is -2.60. The third-order valence-electron chi connectivity index (χ3n) is 6.27. The molecular weight excluding hydrogens is 570 g/mol. The fraction of sp³-hybridized carbons (Fsp3) is 0.731. The van der Waals surface area contributed by atoms with E-state index in [-0.39, 0.29) is 25.2 Å². The van der Waals surface area contributed by atoms with Crippen molar-refractivity contribution < 1.29 is 48.9 Å². The smallest absolute Gasteiger partial charge is 0.326 e. The first kappa shape index (κ1) is 39.2. The summed E-state index contributed by atoms with van der Waals surface area (Å²) in [6, 6.07) is -7.87. The molecule has 0 saturated heterocycles. The van der Waals surface area contributed by atoms with Gasteiger partial charge in [0.2, 0.25) is 35.4 Å². The highest BCUT2D eigenvalue weighted by Gasteiger charge is 2.33. The summed E-state index contributed by atoms with van der Waals surface area (Å²) in [5.41, 5.74) is 10.6. The third kappa shape index (κ3) is 14.3. The van der Waals surface area contributed by atoms with Crippen molar-refractivity contribution in [3.63, 3.8) is 0 Å². The van der Waals surface area contributed by atoms with Crippen LogP contribution in [0.2, 0.25) is 0 Å². The van der Waals surface area contributed by atoms with E-state index < -0.39 is 96.3 Å². The van der Waals surface area contributed by atoms with E-state index in [4.69, 9.17) is 11.5 Å². The average molecular weight is 618 g/mol. The Kier molecular flexibility index (Phi) is 17.0. The Balaban J connectivity index is 5.54. The fourth-order valence-electron chi connectivity index (χ4n) is 3.65. The number of nitrogens with two attached hydrogens (primary N) is 2. The molecule has 17 heteroatoms. The van der Waals surface area contributed by atoms with Crippen LogP contribution in [0.5, 0.6) is 0 Å². The van der Waals surface area contributed by atoms with Gasteiger partial charge in [0.1, 0.15) is 36.3 Å². The molecule has 0 bridgehead atoms. The maximum Gasteiger partial charge on any atom is 0.326 e. The molecule has 0 fully saturated rings. The summed E-state index contributed by atoms with van der Waals surface area (Å²) in [5, 5.41) is 40.2. The molecule has 6 amide bonds. The van der Waals surface area contributed by atoms with E-state index in [0.29, 0.717) is 0 Å². The molecule has 0 aromatic rings. The number of hydrogen-bond acceptors (Lipinski definition) is 10. The second-order valence-electron chi connectivity index (χ2n) is 11.1. The van der Waals surface area contributed by atoms with Crippen LogP contribution in [0.3, 0.4) is 0 Å². The van der Waals surface area contributed by atoms with Gasteiger partial charge in [-0.1, -0.05) is 27.7 Å². The van der Waals surface area contributed by atoms with Gasteiger partial charge in [-0.25, -0.2) is 4.79 Å². The summed E-state index contributed by atoms with van der Waals surface area (Å²) in [7, 11) is 0. The molecule has 0 aliphatic rings. The molecule has 7 atom stereocenters. The van der Waals surface area contributed by atoms with Gasteiger partial charge in [-0.15, -0.1) is 0 Å². The first-order valence-electron chi connectivity index (χ1n) is 13.9. The zero-order valence-electron chi connectivity index (χ0n) is 25.4. The molecule has 0 rings (SSSR count). The highest BCUT2D eigenvalue weighted by Crippen LogP contribution is 2.10. The molecule has 0 aromatic carbocycles. The number of carboxylic acids is 1. The summed E-state index contributed by atoms with van der Waals surface area (Å²) >= 11 is 0. The molecule has 0 heterocycles. The van der Waals surface area contributed by atoms with E-state index in [1.54, 1.807) is 27.7 Å². The van der Waals surface area contributed by atoms with Crippen molar-refractivity contribution in [1.29, 1.82) is 0 Å². The predicted octanol–water partition coefficient (Wildman–Crippen LogP) is -3.82. The Morgan fingerprint density at radius 1 is 0.698 bits per heavy atom. The lowest BCUT2D eigenvalue weighted by Gasteiger charge is -2.28. The molecule has 0 aromatic heterocycles. The van der Waals surface area contributed by atoms with Crippen LogP contribution in [0.25, 0.3) is 0 Å². The van der Waals surface area contributed by atoms with E-state index in [2.05, 4.69) is 26.6 Å². The van der Waals surface area contributed by atoms with Gasteiger partial charge in [-0.05, 0) is 38.5 Å². The van der Waals surface area contributed by atoms with Crippen LogP contribution in [0.4, 0.5) is 0 Å². The largest absolute Gasteiger partial charge is 0.480 e. The molecule has 0 radical (unpaired) electrons. The average Bonchev–Trinajstić information content (AvgIpc) is 2.89. The minimum atomic E-state index is -1.48. The molecule has 0 saturated carbocycles. The Bertz CT molecular complexity index is 1000. The topological polar surface area (TPSA) is 292 Å². The quantitative estimate of drug-likeness (QED) is 0.0670. The van der Waals surface area contributed by atoms with Crippen molar-refractivity contribution >= 4 is 41.4 Å². The molecule has 43 heavy (non-hydrogen) atoms. The van der Waals surface area contributed by atoms with Crippen molar-refractivity contribution in [2.45, 2.75) is 103 Å². The van der Waals surface area contributed by atoms with Gasteiger partial charge in [0.25, 0.3) is 0 Å². The van der Waals surface area contributed by atoms with Crippen LogP contribution < -0.4 is 38.1 Å². The van der Waals surface area contributed by atoms with Gasteiger partial charge in [0.05, 0.1) is 12.7 Å². The summed E-state index contributed by atoms with van der Waals surface area (Å²) < 4.78 is 0. The molecule has 12 N–H and O–H groups in total. The van der Waals surface area contributed by atoms with E-state index in [1.165, 1.54) is 13.8 Å². The number of nitrogens with one attached hydrogen (secondary N) is 5. The fourth-order valence-corrected chi connectivity index (χ4v) is 3.65. The Hall–Kier alpha value is -3.83. The number of aliphatic hydroxyl groups excluding tert-OH is 2. The molecule has 0 unspecified atom stereocenters. The number of hydrogen-bond donors (Lipinski definition) is 10. The minimum absolute atomic E-state index is 0.109. The van der Waals surface area contributed by atoms with Crippen LogP contribution >= 0.6 is 0 Å². The second-order valence-corrected chi connectivity index (χ2v) is 11.1. The van der Waals surface area contributed by atoms with Crippen molar-refractivity contribution in [3.8, 4) is 0 Å². The minimum Gasteiger partial charge on any atom is -0.480 e. The van der Waals surface area contributed by atoms with E-state index in [9.17, 15) is 48.9 Å². The van der Waals surface area contributed by atoms with E-state index in [1.807, 2.05) is 0 Å². The van der Waals surface area contributed by atoms with Gasteiger partial charge in [-0.2, -0.15) is 0 Å². The lowest BCUT2D eigenvalue weighted by molar-refractivity contribution is -0.142. The highest BCUT2D eigenvalue weighted by molar-refractivity contribution is 5.96. The SMILES string of the molecule is CC(C)C[C@H](NC(=O)[C@@H](NC(=O)[C@H](C)NC(=O)[C@H](CO)NC(=O)[C@@H](N)[C@@H](C)O)C(C)C)C(=O)N[C@@H](CCC(N)=O)C(=O)O. The maximum atomic E-state index is 13.2. The molecule has 17 nitrogen and oxygen atoms in total. The number of carbonyl (C=O) groups excluding carboxylic acids is 6. The van der Waals surface area contributed by atoms with Crippen molar-refractivity contribution in [1.82, 2.24) is 26.6 Å². The van der Waals surface area contributed by atoms with Gasteiger partial charge in [0, 0.05) is 6.42 Å².